The number of nitrogens with zero attached hydrogens (tertiary/aromatic N) is 1. The van der Waals surface area contributed by atoms with E-state index in [1.807, 2.05) is 11.8 Å². The molecular weight excluding hydrogens is 258 g/mol. The zero-order valence-electron chi connectivity index (χ0n) is 10.4. The second kappa shape index (κ2) is 7.67. The average molecular weight is 276 g/mol. The van der Waals surface area contributed by atoms with Crippen LogP contribution in [0.25, 0.3) is 0 Å². The van der Waals surface area contributed by atoms with Gasteiger partial charge in [-0.25, -0.2) is 0 Å². The van der Waals surface area contributed by atoms with E-state index in [9.17, 15) is 0 Å². The first-order valence-corrected chi connectivity index (χ1v) is 7.04. The summed E-state index contributed by atoms with van der Waals surface area (Å²) in [5.41, 5.74) is 0.915. The van der Waals surface area contributed by atoms with Gasteiger partial charge in [0.15, 0.2) is 11.5 Å². The standard InChI is InChI=1S/C12H18ClNO2S/c1-9(4-6-13)17-8-10-12(16-3)11(15-2)5-7-14-10/h5,7,9H,4,6,8H2,1-3H3. The van der Waals surface area contributed by atoms with Gasteiger partial charge >= 0.3 is 0 Å². The van der Waals surface area contributed by atoms with Gasteiger partial charge in [-0.3, -0.25) is 4.98 Å². The maximum absolute atomic E-state index is 5.71. The van der Waals surface area contributed by atoms with E-state index in [2.05, 4.69) is 11.9 Å². The van der Waals surface area contributed by atoms with Crippen molar-refractivity contribution in [1.29, 1.82) is 0 Å². The first-order valence-electron chi connectivity index (χ1n) is 5.46. The monoisotopic (exact) mass is 275 g/mol. The summed E-state index contributed by atoms with van der Waals surface area (Å²) < 4.78 is 10.6. The van der Waals surface area contributed by atoms with Crippen molar-refractivity contribution in [2.24, 2.45) is 0 Å². The molecule has 0 aliphatic carbocycles. The van der Waals surface area contributed by atoms with E-state index in [-0.39, 0.29) is 0 Å². The quantitative estimate of drug-likeness (QED) is 0.714. The minimum atomic E-state index is 0.519. The Morgan fingerprint density at radius 2 is 2.18 bits per heavy atom. The lowest BCUT2D eigenvalue weighted by Crippen LogP contribution is -2.01. The number of hydrogen-bond donors (Lipinski definition) is 0. The van der Waals surface area contributed by atoms with Gasteiger partial charge in [-0.15, -0.1) is 11.6 Å². The summed E-state index contributed by atoms with van der Waals surface area (Å²) >= 11 is 7.53. The molecule has 1 aromatic rings. The lowest BCUT2D eigenvalue weighted by Gasteiger charge is -2.13. The molecule has 0 N–H and O–H groups in total. The normalized spacial score (nSPS) is 12.2. The van der Waals surface area contributed by atoms with Crippen LogP contribution in [0.4, 0.5) is 0 Å². The molecule has 0 aromatic carbocycles. The largest absolute Gasteiger partial charge is 0.493 e. The van der Waals surface area contributed by atoms with Gasteiger partial charge in [0.2, 0.25) is 0 Å². The second-order valence-corrected chi connectivity index (χ2v) is 5.40. The van der Waals surface area contributed by atoms with Crippen LogP contribution in [0.15, 0.2) is 12.3 Å². The van der Waals surface area contributed by atoms with Crippen molar-refractivity contribution in [3.05, 3.63) is 18.0 Å². The van der Waals surface area contributed by atoms with Crippen LogP contribution in [0.3, 0.4) is 0 Å². The highest BCUT2D eigenvalue weighted by Crippen LogP contribution is 2.32. The predicted molar refractivity (Wildman–Crippen MR) is 73.4 cm³/mol. The molecule has 1 rings (SSSR count). The van der Waals surface area contributed by atoms with Gasteiger partial charge in [0.05, 0.1) is 19.9 Å². The lowest BCUT2D eigenvalue weighted by molar-refractivity contribution is 0.350. The Morgan fingerprint density at radius 3 is 2.76 bits per heavy atom. The van der Waals surface area contributed by atoms with Crippen molar-refractivity contribution >= 4 is 23.4 Å². The average Bonchev–Trinajstić information content (AvgIpc) is 2.36. The third kappa shape index (κ3) is 4.28. The van der Waals surface area contributed by atoms with E-state index in [1.54, 1.807) is 26.5 Å². The molecular formula is C12H18ClNO2S. The van der Waals surface area contributed by atoms with Crippen molar-refractivity contribution in [2.75, 3.05) is 20.1 Å². The number of alkyl halides is 1. The summed E-state index contributed by atoms with van der Waals surface area (Å²) in [6.07, 6.45) is 2.74. The molecule has 0 aliphatic rings. The van der Waals surface area contributed by atoms with E-state index < -0.39 is 0 Å². The van der Waals surface area contributed by atoms with Crippen molar-refractivity contribution < 1.29 is 9.47 Å². The molecule has 0 bridgehead atoms. The molecule has 0 spiro atoms. The van der Waals surface area contributed by atoms with E-state index in [4.69, 9.17) is 21.1 Å². The number of rotatable bonds is 7. The number of thioether (sulfide) groups is 1. The van der Waals surface area contributed by atoms with Crippen LogP contribution in [0.5, 0.6) is 11.5 Å². The fraction of sp³-hybridized carbons (Fsp3) is 0.583. The molecule has 1 aromatic heterocycles. The number of aromatic nitrogens is 1. The third-order valence-electron chi connectivity index (χ3n) is 2.39. The third-order valence-corrected chi connectivity index (χ3v) is 3.85. The summed E-state index contributed by atoms with van der Waals surface area (Å²) in [5, 5.41) is 0.519. The number of hydrogen-bond acceptors (Lipinski definition) is 4. The lowest BCUT2D eigenvalue weighted by atomic mass is 10.3. The Balaban J connectivity index is 2.70. The fourth-order valence-corrected chi connectivity index (χ4v) is 2.80. The number of halogens is 1. The highest BCUT2D eigenvalue weighted by atomic mass is 35.5. The maximum atomic E-state index is 5.71. The molecule has 5 heteroatoms. The van der Waals surface area contributed by atoms with Gasteiger partial charge in [0, 0.05) is 29.1 Å². The minimum absolute atomic E-state index is 0.519. The molecule has 1 unspecified atom stereocenters. The minimum Gasteiger partial charge on any atom is -0.493 e. The SMILES string of the molecule is COc1ccnc(CSC(C)CCCl)c1OC. The van der Waals surface area contributed by atoms with E-state index in [0.29, 0.717) is 11.1 Å². The molecule has 0 aliphatic heterocycles. The zero-order chi connectivity index (χ0) is 12.7. The van der Waals surface area contributed by atoms with Crippen molar-refractivity contribution in [3.63, 3.8) is 0 Å². The van der Waals surface area contributed by atoms with Gasteiger partial charge < -0.3 is 9.47 Å². The Labute approximate surface area is 112 Å². The van der Waals surface area contributed by atoms with Crippen LogP contribution in [-0.2, 0) is 5.75 Å². The smallest absolute Gasteiger partial charge is 0.183 e. The van der Waals surface area contributed by atoms with Crippen LogP contribution in [0.1, 0.15) is 19.0 Å². The molecule has 0 fully saturated rings. The Hall–Kier alpha value is -0.610. The summed E-state index contributed by atoms with van der Waals surface area (Å²) in [7, 11) is 3.26. The zero-order valence-corrected chi connectivity index (χ0v) is 12.0. The van der Waals surface area contributed by atoms with Gasteiger partial charge in [-0.2, -0.15) is 11.8 Å². The van der Waals surface area contributed by atoms with Crippen LogP contribution in [0.2, 0.25) is 0 Å². The molecule has 17 heavy (non-hydrogen) atoms. The molecule has 96 valence electrons. The van der Waals surface area contributed by atoms with E-state index in [1.165, 1.54) is 0 Å². The fourth-order valence-electron chi connectivity index (χ4n) is 1.41. The van der Waals surface area contributed by atoms with Crippen molar-refractivity contribution in [3.8, 4) is 11.5 Å². The first-order chi connectivity index (χ1) is 8.22. The summed E-state index contributed by atoms with van der Waals surface area (Å²) in [4.78, 5) is 4.33. The topological polar surface area (TPSA) is 31.4 Å². The summed E-state index contributed by atoms with van der Waals surface area (Å²) in [6, 6.07) is 1.80. The first kappa shape index (κ1) is 14.5. The maximum Gasteiger partial charge on any atom is 0.183 e. The molecule has 0 radical (unpaired) electrons. The Kier molecular flexibility index (Phi) is 6.52. The molecule has 3 nitrogen and oxygen atoms in total. The molecule has 0 saturated heterocycles. The Bertz CT molecular complexity index is 349. The predicted octanol–water partition coefficient (Wildman–Crippen LogP) is 3.35. The van der Waals surface area contributed by atoms with E-state index in [0.717, 1.165) is 29.4 Å². The number of methoxy groups -OCH3 is 2. The van der Waals surface area contributed by atoms with E-state index >= 15 is 0 Å². The molecule has 1 atom stereocenters. The second-order valence-electron chi connectivity index (χ2n) is 3.59. The van der Waals surface area contributed by atoms with Gasteiger partial charge in [-0.1, -0.05) is 6.92 Å². The van der Waals surface area contributed by atoms with Gasteiger partial charge in [0.25, 0.3) is 0 Å². The van der Waals surface area contributed by atoms with Crippen molar-refractivity contribution in [2.45, 2.75) is 24.3 Å². The van der Waals surface area contributed by atoms with Crippen LogP contribution < -0.4 is 9.47 Å². The van der Waals surface area contributed by atoms with Gasteiger partial charge in [0.1, 0.15) is 0 Å². The summed E-state index contributed by atoms with van der Waals surface area (Å²) in [5.74, 6) is 2.94. The van der Waals surface area contributed by atoms with Gasteiger partial charge in [-0.05, 0) is 6.42 Å². The summed E-state index contributed by atoms with van der Waals surface area (Å²) in [6.45, 7) is 2.17. The Morgan fingerprint density at radius 1 is 1.41 bits per heavy atom. The van der Waals surface area contributed by atoms with Crippen LogP contribution in [-0.4, -0.2) is 30.3 Å². The molecule has 1 heterocycles. The van der Waals surface area contributed by atoms with Crippen LogP contribution >= 0.6 is 23.4 Å². The highest BCUT2D eigenvalue weighted by Gasteiger charge is 2.12. The number of pyridine rings is 1. The van der Waals surface area contributed by atoms with Crippen LogP contribution in [0, 0.1) is 0 Å². The molecule has 0 saturated carbocycles. The van der Waals surface area contributed by atoms with Crippen molar-refractivity contribution in [1.82, 2.24) is 4.98 Å². The molecule has 0 amide bonds. The highest BCUT2D eigenvalue weighted by molar-refractivity contribution is 7.99. The number of ether oxygens (including phenoxy) is 2.